The Bertz CT molecular complexity index is 489. The second kappa shape index (κ2) is 7.29. The molecular formula is C16H24N2O3. The van der Waals surface area contributed by atoms with E-state index in [1.54, 1.807) is 36.9 Å². The van der Waals surface area contributed by atoms with E-state index in [1.165, 1.54) is 32.1 Å². The van der Waals surface area contributed by atoms with E-state index in [0.717, 1.165) is 0 Å². The van der Waals surface area contributed by atoms with Gasteiger partial charge in [0.05, 0.1) is 0 Å². The van der Waals surface area contributed by atoms with E-state index in [2.05, 4.69) is 5.32 Å². The van der Waals surface area contributed by atoms with Crippen LogP contribution in [0, 0.1) is 5.92 Å². The summed E-state index contributed by atoms with van der Waals surface area (Å²) >= 11 is 0. The van der Waals surface area contributed by atoms with Gasteiger partial charge in [-0.3, -0.25) is 4.79 Å². The Morgan fingerprint density at radius 1 is 1.38 bits per heavy atom. The Labute approximate surface area is 125 Å². The zero-order valence-corrected chi connectivity index (χ0v) is 12.8. The molecule has 0 unspecified atom stereocenters. The largest absolute Gasteiger partial charge is 0.448 e. The number of aromatic nitrogens is 1. The van der Waals surface area contributed by atoms with Crippen molar-refractivity contribution in [2.24, 2.45) is 13.0 Å². The Hall–Kier alpha value is -1.78. The Kier molecular flexibility index (Phi) is 5.42. The van der Waals surface area contributed by atoms with Crippen LogP contribution in [-0.2, 0) is 16.6 Å². The van der Waals surface area contributed by atoms with Crippen LogP contribution in [0.4, 0.5) is 0 Å². The molecule has 1 atom stereocenters. The number of aryl methyl sites for hydroxylation is 1. The first-order valence-electron chi connectivity index (χ1n) is 7.68. The molecule has 0 spiro atoms. The van der Waals surface area contributed by atoms with Gasteiger partial charge in [0.2, 0.25) is 0 Å². The van der Waals surface area contributed by atoms with Gasteiger partial charge in [-0.25, -0.2) is 4.79 Å². The van der Waals surface area contributed by atoms with Gasteiger partial charge in [-0.1, -0.05) is 19.3 Å². The first-order valence-corrected chi connectivity index (χ1v) is 7.68. The predicted molar refractivity (Wildman–Crippen MR) is 79.9 cm³/mol. The molecule has 1 saturated carbocycles. The summed E-state index contributed by atoms with van der Waals surface area (Å²) in [4.78, 5) is 23.9. The van der Waals surface area contributed by atoms with Crippen molar-refractivity contribution in [3.05, 3.63) is 24.0 Å². The number of esters is 1. The van der Waals surface area contributed by atoms with E-state index in [0.29, 0.717) is 18.2 Å². The van der Waals surface area contributed by atoms with Crippen molar-refractivity contribution in [2.45, 2.75) is 45.1 Å². The molecule has 1 heterocycles. The van der Waals surface area contributed by atoms with E-state index in [4.69, 9.17) is 4.74 Å². The highest BCUT2D eigenvalue weighted by Gasteiger charge is 2.21. The fourth-order valence-electron chi connectivity index (χ4n) is 2.73. The van der Waals surface area contributed by atoms with E-state index < -0.39 is 12.1 Å². The molecule has 0 saturated heterocycles. The van der Waals surface area contributed by atoms with Gasteiger partial charge >= 0.3 is 5.97 Å². The summed E-state index contributed by atoms with van der Waals surface area (Å²) in [7, 11) is 1.77. The number of hydrogen-bond acceptors (Lipinski definition) is 3. The van der Waals surface area contributed by atoms with Crippen LogP contribution < -0.4 is 5.32 Å². The zero-order valence-electron chi connectivity index (χ0n) is 12.8. The molecule has 0 aromatic carbocycles. The first-order chi connectivity index (χ1) is 10.1. The second-order valence-electron chi connectivity index (χ2n) is 5.80. The molecule has 1 aromatic rings. The van der Waals surface area contributed by atoms with Crippen LogP contribution in [0.3, 0.4) is 0 Å². The van der Waals surface area contributed by atoms with Gasteiger partial charge in [0.25, 0.3) is 5.91 Å². The summed E-state index contributed by atoms with van der Waals surface area (Å²) in [5.74, 6) is -0.121. The van der Waals surface area contributed by atoms with E-state index in [9.17, 15) is 9.59 Å². The molecule has 1 aliphatic carbocycles. The third kappa shape index (κ3) is 4.34. The monoisotopic (exact) mass is 292 g/mol. The quantitative estimate of drug-likeness (QED) is 0.847. The number of hydrogen-bond donors (Lipinski definition) is 1. The van der Waals surface area contributed by atoms with Gasteiger partial charge < -0.3 is 14.6 Å². The fraction of sp³-hybridized carbons (Fsp3) is 0.625. The molecule has 1 aliphatic rings. The minimum absolute atomic E-state index is 0.219. The van der Waals surface area contributed by atoms with Crippen molar-refractivity contribution >= 4 is 11.9 Å². The van der Waals surface area contributed by atoms with Crippen LogP contribution in [0.15, 0.2) is 18.3 Å². The number of nitrogens with zero attached hydrogens (tertiary/aromatic N) is 1. The first kappa shape index (κ1) is 15.6. The number of nitrogens with one attached hydrogen (secondary N) is 1. The van der Waals surface area contributed by atoms with Crippen LogP contribution >= 0.6 is 0 Å². The van der Waals surface area contributed by atoms with Crippen LogP contribution in [0.2, 0.25) is 0 Å². The second-order valence-corrected chi connectivity index (χ2v) is 5.80. The molecular weight excluding hydrogens is 268 g/mol. The predicted octanol–water partition coefficient (Wildman–Crippen LogP) is 2.27. The Morgan fingerprint density at radius 3 is 2.71 bits per heavy atom. The third-order valence-electron chi connectivity index (χ3n) is 4.10. The van der Waals surface area contributed by atoms with Crippen molar-refractivity contribution in [1.82, 2.24) is 9.88 Å². The summed E-state index contributed by atoms with van der Waals surface area (Å²) in [6.07, 6.45) is 7.16. The van der Waals surface area contributed by atoms with Gasteiger partial charge in [-0.15, -0.1) is 0 Å². The molecule has 1 fully saturated rings. The molecule has 21 heavy (non-hydrogen) atoms. The number of ether oxygens (including phenoxy) is 1. The minimum Gasteiger partial charge on any atom is -0.448 e. The minimum atomic E-state index is -0.768. The summed E-state index contributed by atoms with van der Waals surface area (Å²) in [5, 5.41) is 2.89. The highest BCUT2D eigenvalue weighted by Crippen LogP contribution is 2.22. The summed E-state index contributed by atoms with van der Waals surface area (Å²) in [6, 6.07) is 3.44. The summed E-state index contributed by atoms with van der Waals surface area (Å²) in [6.45, 7) is 2.29. The molecule has 2 rings (SSSR count). The van der Waals surface area contributed by atoms with Crippen LogP contribution in [0.25, 0.3) is 0 Å². The summed E-state index contributed by atoms with van der Waals surface area (Å²) in [5.41, 5.74) is 0.446. The molecule has 1 amide bonds. The zero-order chi connectivity index (χ0) is 15.2. The smallest absolute Gasteiger partial charge is 0.355 e. The molecule has 5 nitrogen and oxygen atoms in total. The molecule has 0 aliphatic heterocycles. The van der Waals surface area contributed by atoms with Crippen LogP contribution in [0.5, 0.6) is 0 Å². The van der Waals surface area contributed by atoms with Crippen molar-refractivity contribution in [1.29, 1.82) is 0 Å². The highest BCUT2D eigenvalue weighted by molar-refractivity contribution is 5.90. The molecule has 0 bridgehead atoms. The third-order valence-corrected chi connectivity index (χ3v) is 4.10. The van der Waals surface area contributed by atoms with Crippen molar-refractivity contribution in [3.8, 4) is 0 Å². The summed E-state index contributed by atoms with van der Waals surface area (Å²) < 4.78 is 6.88. The van der Waals surface area contributed by atoms with Gasteiger partial charge in [0.15, 0.2) is 6.10 Å². The average Bonchev–Trinajstić information content (AvgIpc) is 2.92. The number of carbonyl (C=O) groups is 2. The van der Waals surface area contributed by atoms with Crippen molar-refractivity contribution < 1.29 is 14.3 Å². The Morgan fingerprint density at radius 2 is 2.10 bits per heavy atom. The standard InChI is InChI=1S/C16H24N2O3/c1-12(21-16(20)14-9-6-10-18(14)2)15(19)17-11-13-7-4-3-5-8-13/h6,9-10,12-13H,3-5,7-8,11H2,1-2H3,(H,17,19)/t12-/m0/s1. The lowest BCUT2D eigenvalue weighted by atomic mass is 9.89. The maximum atomic E-state index is 12.0. The lowest BCUT2D eigenvalue weighted by Crippen LogP contribution is -2.38. The topological polar surface area (TPSA) is 60.3 Å². The normalized spacial score (nSPS) is 17.2. The molecule has 1 aromatic heterocycles. The van der Waals surface area contributed by atoms with Gasteiger partial charge in [0.1, 0.15) is 5.69 Å². The number of amides is 1. The molecule has 0 radical (unpaired) electrons. The fourth-order valence-corrected chi connectivity index (χ4v) is 2.73. The van der Waals surface area contributed by atoms with Gasteiger partial charge in [-0.2, -0.15) is 0 Å². The van der Waals surface area contributed by atoms with E-state index >= 15 is 0 Å². The highest BCUT2D eigenvalue weighted by atomic mass is 16.5. The molecule has 5 heteroatoms. The maximum Gasteiger partial charge on any atom is 0.355 e. The van der Waals surface area contributed by atoms with Crippen molar-refractivity contribution in [3.63, 3.8) is 0 Å². The van der Waals surface area contributed by atoms with Crippen molar-refractivity contribution in [2.75, 3.05) is 6.54 Å². The number of carbonyl (C=O) groups excluding carboxylic acids is 2. The SMILES string of the molecule is C[C@H](OC(=O)c1cccn1C)C(=O)NCC1CCCCC1. The van der Waals surface area contributed by atoms with E-state index in [1.807, 2.05) is 0 Å². The molecule has 1 N–H and O–H groups in total. The lowest BCUT2D eigenvalue weighted by molar-refractivity contribution is -0.129. The Balaban J connectivity index is 1.77. The van der Waals surface area contributed by atoms with E-state index in [-0.39, 0.29) is 5.91 Å². The maximum absolute atomic E-state index is 12.0. The number of rotatable bonds is 5. The van der Waals surface area contributed by atoms with Crippen LogP contribution in [0.1, 0.15) is 49.5 Å². The van der Waals surface area contributed by atoms with Gasteiger partial charge in [-0.05, 0) is 37.8 Å². The lowest BCUT2D eigenvalue weighted by Gasteiger charge is -2.22. The molecule has 116 valence electrons. The van der Waals surface area contributed by atoms with Crippen LogP contribution in [-0.4, -0.2) is 29.1 Å². The average molecular weight is 292 g/mol. The van der Waals surface area contributed by atoms with Gasteiger partial charge in [0, 0.05) is 19.8 Å².